The average Bonchev–Trinajstić information content (AvgIpc) is 3.52. The molecule has 1 fully saturated rings. The molecule has 4 amide bonds. The Bertz CT molecular complexity index is 1000. The van der Waals surface area contributed by atoms with Crippen LogP contribution in [-0.4, -0.2) is 66.0 Å². The number of primary amides is 1. The van der Waals surface area contributed by atoms with Crippen LogP contribution in [0, 0.1) is 12.8 Å². The molecule has 0 bridgehead atoms. The molecule has 1 aromatic carbocycles. The van der Waals surface area contributed by atoms with Crippen LogP contribution in [0.3, 0.4) is 0 Å². The number of alkyl carbamates (subject to hydrolysis) is 1. The van der Waals surface area contributed by atoms with Crippen LogP contribution < -0.4 is 16.4 Å². The van der Waals surface area contributed by atoms with Gasteiger partial charge in [0.05, 0.1) is 7.11 Å². The number of carbonyl (C=O) groups excluding carboxylic acids is 5. The first-order chi connectivity index (χ1) is 17.2. The standard InChI is InChI=1S/C26H38N4O7/c1-15-7-9-17(10-8-15)22(23(33)28-14-21(32)36-6)30(19-13-16(19)2)24(34)18(11-12-20(27)31)29-25(35)37-26(3,4)5/h7-10,16,18-19,22H,11-14H2,1-6H3,(H2,27,31)(H,28,33)(H,29,35). The molecule has 1 aliphatic rings. The summed E-state index contributed by atoms with van der Waals surface area (Å²) < 4.78 is 9.94. The highest BCUT2D eigenvalue weighted by Crippen LogP contribution is 2.41. The van der Waals surface area contributed by atoms with Crippen molar-refractivity contribution in [2.24, 2.45) is 11.7 Å². The van der Waals surface area contributed by atoms with E-state index in [0.717, 1.165) is 5.56 Å². The Kier molecular flexibility index (Phi) is 10.0. The molecule has 2 rings (SSSR count). The number of amides is 4. The van der Waals surface area contributed by atoms with Gasteiger partial charge in [0.2, 0.25) is 17.7 Å². The van der Waals surface area contributed by atoms with E-state index in [1.807, 2.05) is 26.0 Å². The van der Waals surface area contributed by atoms with Gasteiger partial charge >= 0.3 is 12.1 Å². The first kappa shape index (κ1) is 29.6. The van der Waals surface area contributed by atoms with E-state index in [4.69, 9.17) is 10.5 Å². The topological polar surface area (TPSA) is 157 Å². The van der Waals surface area contributed by atoms with Crippen LogP contribution >= 0.6 is 0 Å². The van der Waals surface area contributed by atoms with Gasteiger partial charge in [-0.25, -0.2) is 4.79 Å². The molecular weight excluding hydrogens is 480 g/mol. The third-order valence-electron chi connectivity index (χ3n) is 5.90. The number of hydrogen-bond acceptors (Lipinski definition) is 7. The van der Waals surface area contributed by atoms with Crippen molar-refractivity contribution in [1.29, 1.82) is 0 Å². The molecule has 0 spiro atoms. The number of rotatable bonds is 11. The fourth-order valence-corrected chi connectivity index (χ4v) is 3.86. The molecule has 1 aliphatic carbocycles. The summed E-state index contributed by atoms with van der Waals surface area (Å²) >= 11 is 0. The van der Waals surface area contributed by atoms with Gasteiger partial charge in [-0.05, 0) is 52.0 Å². The monoisotopic (exact) mass is 518 g/mol. The van der Waals surface area contributed by atoms with Crippen LogP contribution in [-0.2, 0) is 28.7 Å². The summed E-state index contributed by atoms with van der Waals surface area (Å²) in [4.78, 5) is 64.6. The number of hydrogen-bond donors (Lipinski definition) is 3. The fraction of sp³-hybridized carbons (Fsp3) is 0.577. The maximum atomic E-state index is 14.0. The van der Waals surface area contributed by atoms with Crippen molar-refractivity contribution in [1.82, 2.24) is 15.5 Å². The van der Waals surface area contributed by atoms with E-state index in [0.29, 0.717) is 12.0 Å². The predicted molar refractivity (Wildman–Crippen MR) is 135 cm³/mol. The lowest BCUT2D eigenvalue weighted by Crippen LogP contribution is -2.54. The van der Waals surface area contributed by atoms with E-state index in [-0.39, 0.29) is 31.3 Å². The first-order valence-electron chi connectivity index (χ1n) is 12.2. The quantitative estimate of drug-likeness (QED) is 0.376. The highest BCUT2D eigenvalue weighted by Gasteiger charge is 2.48. The van der Waals surface area contributed by atoms with Gasteiger partial charge in [-0.1, -0.05) is 36.8 Å². The van der Waals surface area contributed by atoms with Crippen LogP contribution in [0.1, 0.15) is 64.1 Å². The lowest BCUT2D eigenvalue weighted by Gasteiger charge is -2.35. The van der Waals surface area contributed by atoms with Crippen molar-refractivity contribution >= 4 is 29.8 Å². The van der Waals surface area contributed by atoms with E-state index in [1.54, 1.807) is 32.9 Å². The molecule has 11 nitrogen and oxygen atoms in total. The van der Waals surface area contributed by atoms with E-state index < -0.39 is 47.5 Å². The van der Waals surface area contributed by atoms with Gasteiger partial charge in [0.25, 0.3) is 0 Å². The van der Waals surface area contributed by atoms with Gasteiger partial charge in [0.1, 0.15) is 24.2 Å². The van der Waals surface area contributed by atoms with Crippen LogP contribution in [0.2, 0.25) is 0 Å². The number of methoxy groups -OCH3 is 1. The number of ether oxygens (including phenoxy) is 2. The molecular formula is C26H38N4O7. The Morgan fingerprint density at radius 1 is 1.14 bits per heavy atom. The van der Waals surface area contributed by atoms with Gasteiger partial charge in [0.15, 0.2) is 0 Å². The summed E-state index contributed by atoms with van der Waals surface area (Å²) in [7, 11) is 1.21. The molecule has 0 aromatic heterocycles. The van der Waals surface area contributed by atoms with Crippen LogP contribution in [0.5, 0.6) is 0 Å². The maximum Gasteiger partial charge on any atom is 0.408 e. The lowest BCUT2D eigenvalue weighted by atomic mass is 10.00. The number of carbonyl (C=O) groups is 5. The zero-order valence-corrected chi connectivity index (χ0v) is 22.3. The van der Waals surface area contributed by atoms with Crippen LogP contribution in [0.15, 0.2) is 24.3 Å². The van der Waals surface area contributed by atoms with Crippen molar-refractivity contribution in [3.05, 3.63) is 35.4 Å². The summed E-state index contributed by atoms with van der Waals surface area (Å²) in [6, 6.07) is 4.56. The summed E-state index contributed by atoms with van der Waals surface area (Å²) in [6.07, 6.45) is -0.423. The second-order valence-corrected chi connectivity index (χ2v) is 10.3. The summed E-state index contributed by atoms with van der Waals surface area (Å²) in [5.74, 6) is -2.31. The average molecular weight is 519 g/mol. The molecule has 0 heterocycles. The Morgan fingerprint density at radius 3 is 2.22 bits per heavy atom. The SMILES string of the molecule is COC(=O)CNC(=O)C(c1ccc(C)cc1)N(C(=O)C(CCC(N)=O)NC(=O)OC(C)(C)C)C1CC1C. The molecule has 4 unspecified atom stereocenters. The van der Waals surface area contributed by atoms with Crippen LogP contribution in [0.25, 0.3) is 0 Å². The normalized spacial score (nSPS) is 18.1. The van der Waals surface area contributed by atoms with E-state index >= 15 is 0 Å². The van der Waals surface area contributed by atoms with Crippen molar-refractivity contribution < 1.29 is 33.4 Å². The van der Waals surface area contributed by atoms with Crippen molar-refractivity contribution in [3.63, 3.8) is 0 Å². The number of esters is 1. The van der Waals surface area contributed by atoms with Gasteiger partial charge in [-0.3, -0.25) is 19.2 Å². The van der Waals surface area contributed by atoms with E-state index in [2.05, 4.69) is 15.4 Å². The third-order valence-corrected chi connectivity index (χ3v) is 5.90. The largest absolute Gasteiger partial charge is 0.468 e. The minimum atomic E-state index is -1.17. The number of nitrogens with zero attached hydrogens (tertiary/aromatic N) is 1. The molecule has 11 heteroatoms. The highest BCUT2D eigenvalue weighted by molar-refractivity contribution is 5.94. The molecule has 1 saturated carbocycles. The minimum Gasteiger partial charge on any atom is -0.468 e. The first-order valence-corrected chi connectivity index (χ1v) is 12.2. The number of nitrogens with one attached hydrogen (secondary N) is 2. The Labute approximate surface area is 217 Å². The fourth-order valence-electron chi connectivity index (χ4n) is 3.86. The summed E-state index contributed by atoms with van der Waals surface area (Å²) in [6.45, 7) is 8.52. The van der Waals surface area contributed by atoms with Crippen LogP contribution in [0.4, 0.5) is 4.79 Å². The predicted octanol–water partition coefficient (Wildman–Crippen LogP) is 1.72. The van der Waals surface area contributed by atoms with Gasteiger partial charge in [-0.2, -0.15) is 0 Å². The Hall–Kier alpha value is -3.63. The number of aryl methyl sites for hydroxylation is 1. The molecule has 4 atom stereocenters. The van der Waals surface area contributed by atoms with Gasteiger partial charge < -0.3 is 30.7 Å². The third kappa shape index (κ3) is 9.07. The van der Waals surface area contributed by atoms with Crippen molar-refractivity contribution in [2.45, 2.75) is 77.6 Å². The smallest absolute Gasteiger partial charge is 0.408 e. The molecule has 204 valence electrons. The zero-order chi connectivity index (χ0) is 27.9. The molecule has 0 radical (unpaired) electrons. The van der Waals surface area contributed by atoms with E-state index in [1.165, 1.54) is 12.0 Å². The van der Waals surface area contributed by atoms with Crippen molar-refractivity contribution in [2.75, 3.05) is 13.7 Å². The van der Waals surface area contributed by atoms with Crippen molar-refractivity contribution in [3.8, 4) is 0 Å². The maximum absolute atomic E-state index is 14.0. The molecule has 1 aromatic rings. The Balaban J connectivity index is 2.47. The highest BCUT2D eigenvalue weighted by atomic mass is 16.6. The number of benzene rings is 1. The second-order valence-electron chi connectivity index (χ2n) is 10.3. The van der Waals surface area contributed by atoms with Gasteiger partial charge in [0, 0.05) is 12.5 Å². The van der Waals surface area contributed by atoms with E-state index in [9.17, 15) is 24.0 Å². The minimum absolute atomic E-state index is 0.0740. The molecule has 4 N–H and O–H groups in total. The molecule has 37 heavy (non-hydrogen) atoms. The lowest BCUT2D eigenvalue weighted by molar-refractivity contribution is -0.145. The Morgan fingerprint density at radius 2 is 1.73 bits per heavy atom. The van der Waals surface area contributed by atoms with Gasteiger partial charge in [-0.15, -0.1) is 0 Å². The summed E-state index contributed by atoms with van der Waals surface area (Å²) in [5, 5.41) is 5.10. The molecule has 0 saturated heterocycles. The molecule has 0 aliphatic heterocycles. The second kappa shape index (κ2) is 12.6. The summed E-state index contributed by atoms with van der Waals surface area (Å²) in [5.41, 5.74) is 6.00. The number of nitrogens with two attached hydrogens (primary N) is 1. The zero-order valence-electron chi connectivity index (χ0n) is 22.3.